The number of methoxy groups -OCH3 is 1. The van der Waals surface area contributed by atoms with E-state index in [1.165, 1.54) is 0 Å². The van der Waals surface area contributed by atoms with Crippen molar-refractivity contribution in [3.05, 3.63) is 34.8 Å². The van der Waals surface area contributed by atoms with Gasteiger partial charge in [-0.25, -0.2) is 4.98 Å². The van der Waals surface area contributed by atoms with Gasteiger partial charge in [0, 0.05) is 36.6 Å². The Balaban J connectivity index is 1.67. The van der Waals surface area contributed by atoms with Gasteiger partial charge in [-0.1, -0.05) is 6.92 Å². The van der Waals surface area contributed by atoms with E-state index in [0.717, 1.165) is 59.6 Å². The zero-order valence-corrected chi connectivity index (χ0v) is 15.9. The molecule has 0 spiro atoms. The second-order valence-corrected chi connectivity index (χ2v) is 7.33. The fraction of sp³-hybridized carbons (Fsp3) is 0.474. The number of ether oxygens (including phenoxy) is 1. The number of thiazole rings is 1. The van der Waals surface area contributed by atoms with Gasteiger partial charge in [-0.05, 0) is 37.7 Å². The first-order valence-corrected chi connectivity index (χ1v) is 9.53. The molecule has 0 atom stereocenters. The first-order chi connectivity index (χ1) is 12.1. The van der Waals surface area contributed by atoms with Crippen LogP contribution in [0.1, 0.15) is 17.5 Å². The summed E-state index contributed by atoms with van der Waals surface area (Å²) in [7, 11) is 1.66. The summed E-state index contributed by atoms with van der Waals surface area (Å²) >= 11 is 1.61. The van der Waals surface area contributed by atoms with Crippen molar-refractivity contribution >= 4 is 17.2 Å². The van der Waals surface area contributed by atoms with Gasteiger partial charge in [-0.15, -0.1) is 11.3 Å². The predicted octanol–water partition coefficient (Wildman–Crippen LogP) is 2.83. The molecule has 6 heteroatoms. The number of aryl methyl sites for hydroxylation is 1. The standard InChI is InChI=1S/C19H25N3O2S/c1-4-21-9-11-22(12-10-21)18(23)13-17-14(2)20-19(25-17)15-5-7-16(24-3)8-6-15/h5-8H,4,9-13H2,1-3H3. The SMILES string of the molecule is CCN1CCN(C(=O)Cc2sc(-c3ccc(OC)cc3)nc2C)CC1. The molecule has 1 aliphatic heterocycles. The van der Waals surface area contributed by atoms with E-state index in [-0.39, 0.29) is 5.91 Å². The van der Waals surface area contributed by atoms with Crippen LogP contribution in [0.4, 0.5) is 0 Å². The zero-order chi connectivity index (χ0) is 17.8. The van der Waals surface area contributed by atoms with Gasteiger partial charge >= 0.3 is 0 Å². The van der Waals surface area contributed by atoms with Gasteiger partial charge in [-0.3, -0.25) is 4.79 Å². The number of rotatable bonds is 5. The van der Waals surface area contributed by atoms with Gasteiger partial charge in [0.25, 0.3) is 0 Å². The van der Waals surface area contributed by atoms with Crippen molar-refractivity contribution in [2.45, 2.75) is 20.3 Å². The van der Waals surface area contributed by atoms with Gasteiger partial charge in [0.15, 0.2) is 0 Å². The van der Waals surface area contributed by atoms with E-state index in [2.05, 4.69) is 16.8 Å². The summed E-state index contributed by atoms with van der Waals surface area (Å²) in [6.45, 7) is 8.81. The lowest BCUT2D eigenvalue weighted by atomic mass is 10.2. The Morgan fingerprint density at radius 1 is 1.20 bits per heavy atom. The number of aromatic nitrogens is 1. The van der Waals surface area contributed by atoms with Crippen LogP contribution < -0.4 is 4.74 Å². The van der Waals surface area contributed by atoms with Gasteiger partial charge in [0.05, 0.1) is 19.2 Å². The number of hydrogen-bond acceptors (Lipinski definition) is 5. The number of nitrogens with zero attached hydrogens (tertiary/aromatic N) is 3. The predicted molar refractivity (Wildman–Crippen MR) is 101 cm³/mol. The van der Waals surface area contributed by atoms with Crippen LogP contribution in [0.5, 0.6) is 5.75 Å². The molecule has 0 radical (unpaired) electrons. The van der Waals surface area contributed by atoms with Crippen molar-refractivity contribution in [1.82, 2.24) is 14.8 Å². The Bertz CT molecular complexity index is 719. The third-order valence-electron chi connectivity index (χ3n) is 4.71. The summed E-state index contributed by atoms with van der Waals surface area (Å²) < 4.78 is 5.20. The fourth-order valence-corrected chi connectivity index (χ4v) is 4.07. The van der Waals surface area contributed by atoms with Crippen molar-refractivity contribution in [3.63, 3.8) is 0 Å². The summed E-state index contributed by atoms with van der Waals surface area (Å²) in [5, 5.41) is 0.957. The van der Waals surface area contributed by atoms with E-state index < -0.39 is 0 Å². The second-order valence-electron chi connectivity index (χ2n) is 6.25. The quantitative estimate of drug-likeness (QED) is 0.824. The third-order valence-corrected chi connectivity index (χ3v) is 5.92. The van der Waals surface area contributed by atoms with Crippen LogP contribution in [-0.2, 0) is 11.2 Å². The van der Waals surface area contributed by atoms with E-state index >= 15 is 0 Å². The maximum atomic E-state index is 12.6. The highest BCUT2D eigenvalue weighted by Crippen LogP contribution is 2.29. The molecule has 5 nitrogen and oxygen atoms in total. The molecule has 1 aliphatic rings. The molecular weight excluding hydrogens is 334 g/mol. The molecule has 3 rings (SSSR count). The number of amides is 1. The van der Waals surface area contributed by atoms with Crippen molar-refractivity contribution in [1.29, 1.82) is 0 Å². The Morgan fingerprint density at radius 2 is 1.88 bits per heavy atom. The minimum absolute atomic E-state index is 0.212. The number of carbonyl (C=O) groups excluding carboxylic acids is 1. The Labute approximate surface area is 153 Å². The van der Waals surface area contributed by atoms with Crippen LogP contribution >= 0.6 is 11.3 Å². The highest BCUT2D eigenvalue weighted by atomic mass is 32.1. The van der Waals surface area contributed by atoms with E-state index in [1.807, 2.05) is 36.1 Å². The van der Waals surface area contributed by atoms with Crippen LogP contribution in [0.3, 0.4) is 0 Å². The molecule has 25 heavy (non-hydrogen) atoms. The summed E-state index contributed by atoms with van der Waals surface area (Å²) in [5.74, 6) is 1.04. The lowest BCUT2D eigenvalue weighted by Crippen LogP contribution is -2.48. The summed E-state index contributed by atoms with van der Waals surface area (Å²) in [6.07, 6.45) is 0.450. The summed E-state index contributed by atoms with van der Waals surface area (Å²) in [6, 6.07) is 7.88. The van der Waals surface area contributed by atoms with Crippen LogP contribution in [0, 0.1) is 6.92 Å². The third kappa shape index (κ3) is 4.19. The Hall–Kier alpha value is -1.92. The number of carbonyl (C=O) groups is 1. The molecule has 2 aromatic rings. The average Bonchev–Trinajstić information content (AvgIpc) is 3.02. The highest BCUT2D eigenvalue weighted by molar-refractivity contribution is 7.15. The average molecular weight is 359 g/mol. The molecule has 134 valence electrons. The Kier molecular flexibility index (Phi) is 5.71. The molecule has 1 aromatic heterocycles. The first kappa shape index (κ1) is 17.9. The van der Waals surface area contributed by atoms with E-state index in [0.29, 0.717) is 6.42 Å². The minimum Gasteiger partial charge on any atom is -0.497 e. The van der Waals surface area contributed by atoms with Crippen molar-refractivity contribution in [3.8, 4) is 16.3 Å². The van der Waals surface area contributed by atoms with Crippen molar-refractivity contribution < 1.29 is 9.53 Å². The molecule has 0 unspecified atom stereocenters. The number of hydrogen-bond donors (Lipinski definition) is 0. The van der Waals surface area contributed by atoms with Crippen molar-refractivity contribution in [2.24, 2.45) is 0 Å². The highest BCUT2D eigenvalue weighted by Gasteiger charge is 2.22. The molecule has 2 heterocycles. The molecule has 0 N–H and O–H groups in total. The van der Waals surface area contributed by atoms with E-state index in [9.17, 15) is 4.79 Å². The lowest BCUT2D eigenvalue weighted by Gasteiger charge is -2.34. The van der Waals surface area contributed by atoms with Crippen molar-refractivity contribution in [2.75, 3.05) is 39.8 Å². The molecule has 1 aromatic carbocycles. The lowest BCUT2D eigenvalue weighted by molar-refractivity contribution is -0.132. The zero-order valence-electron chi connectivity index (χ0n) is 15.1. The largest absolute Gasteiger partial charge is 0.497 e. The fourth-order valence-electron chi connectivity index (χ4n) is 3.01. The second kappa shape index (κ2) is 7.97. The maximum absolute atomic E-state index is 12.6. The number of piperazine rings is 1. The maximum Gasteiger partial charge on any atom is 0.227 e. The van der Waals surface area contributed by atoms with Crippen LogP contribution in [0.25, 0.3) is 10.6 Å². The van der Waals surface area contributed by atoms with Gasteiger partial charge in [-0.2, -0.15) is 0 Å². The molecule has 0 bridgehead atoms. The molecule has 1 amide bonds. The van der Waals surface area contributed by atoms with E-state index in [1.54, 1.807) is 18.4 Å². The van der Waals surface area contributed by atoms with Crippen LogP contribution in [0.2, 0.25) is 0 Å². The van der Waals surface area contributed by atoms with Crippen LogP contribution in [-0.4, -0.2) is 60.5 Å². The summed E-state index contributed by atoms with van der Waals surface area (Å²) in [5.41, 5.74) is 2.01. The minimum atomic E-state index is 0.212. The monoisotopic (exact) mass is 359 g/mol. The smallest absolute Gasteiger partial charge is 0.227 e. The van der Waals surface area contributed by atoms with Gasteiger partial charge < -0.3 is 14.5 Å². The molecule has 1 saturated heterocycles. The first-order valence-electron chi connectivity index (χ1n) is 8.71. The van der Waals surface area contributed by atoms with E-state index in [4.69, 9.17) is 4.74 Å². The topological polar surface area (TPSA) is 45.7 Å². The number of likely N-dealkylation sites (N-methyl/N-ethyl adjacent to an activating group) is 1. The Morgan fingerprint density at radius 3 is 2.48 bits per heavy atom. The molecular formula is C19H25N3O2S. The molecule has 0 aliphatic carbocycles. The molecule has 1 fully saturated rings. The van der Waals surface area contributed by atoms with Crippen LogP contribution in [0.15, 0.2) is 24.3 Å². The summed E-state index contributed by atoms with van der Waals surface area (Å²) in [4.78, 5) is 22.7. The van der Waals surface area contributed by atoms with Gasteiger partial charge in [0.2, 0.25) is 5.91 Å². The molecule has 0 saturated carbocycles. The normalized spacial score (nSPS) is 15.4. The van der Waals surface area contributed by atoms with Gasteiger partial charge in [0.1, 0.15) is 10.8 Å². The number of benzene rings is 1.